The minimum Gasteiger partial charge on any atom is -0.508 e. The number of phenols is 1. The highest BCUT2D eigenvalue weighted by atomic mass is 19.1. The summed E-state index contributed by atoms with van der Waals surface area (Å²) >= 11 is 0. The Balaban J connectivity index is 1.30. The lowest BCUT2D eigenvalue weighted by molar-refractivity contribution is 0.107. The Kier molecular flexibility index (Phi) is 6.59. The van der Waals surface area contributed by atoms with Crippen molar-refractivity contribution in [2.75, 3.05) is 44.4 Å². The molecule has 2 atom stereocenters. The van der Waals surface area contributed by atoms with Gasteiger partial charge in [-0.1, -0.05) is 12.0 Å². The van der Waals surface area contributed by atoms with Crippen molar-refractivity contribution in [1.82, 2.24) is 19.9 Å². The zero-order chi connectivity index (χ0) is 30.9. The molecule has 5 heterocycles. The molecule has 1 spiro atoms. The van der Waals surface area contributed by atoms with E-state index < -0.39 is 23.3 Å². The molecule has 11 heteroatoms. The highest BCUT2D eigenvalue weighted by Gasteiger charge is 2.51. The molecule has 4 fully saturated rings. The van der Waals surface area contributed by atoms with E-state index in [0.29, 0.717) is 49.3 Å². The molecule has 0 bridgehead atoms. The van der Waals surface area contributed by atoms with Gasteiger partial charge in [0.15, 0.2) is 5.82 Å². The summed E-state index contributed by atoms with van der Waals surface area (Å²) in [5.74, 6) is 1.31. The van der Waals surface area contributed by atoms with Gasteiger partial charge in [-0.05, 0) is 62.2 Å². The van der Waals surface area contributed by atoms with Gasteiger partial charge in [-0.15, -0.1) is 6.42 Å². The fraction of sp³-hybridized carbons (Fsp3) is 0.441. The van der Waals surface area contributed by atoms with Crippen molar-refractivity contribution in [3.63, 3.8) is 0 Å². The van der Waals surface area contributed by atoms with Crippen LogP contribution in [0.15, 0.2) is 30.5 Å². The van der Waals surface area contributed by atoms with Gasteiger partial charge in [-0.3, -0.25) is 9.88 Å². The number of terminal acetylenes is 1. The van der Waals surface area contributed by atoms with Crippen LogP contribution < -0.4 is 9.64 Å². The van der Waals surface area contributed by atoms with Crippen LogP contribution in [-0.4, -0.2) is 81.7 Å². The summed E-state index contributed by atoms with van der Waals surface area (Å²) in [4.78, 5) is 18.2. The molecule has 45 heavy (non-hydrogen) atoms. The lowest BCUT2D eigenvalue weighted by atomic mass is 9.95. The van der Waals surface area contributed by atoms with Crippen molar-refractivity contribution >= 4 is 27.5 Å². The molecule has 8 nitrogen and oxygen atoms in total. The number of pyridine rings is 1. The largest absolute Gasteiger partial charge is 0.508 e. The maximum Gasteiger partial charge on any atom is 0.319 e. The number of phenolic OH excluding ortho intramolecular Hbond substituents is 1. The van der Waals surface area contributed by atoms with Gasteiger partial charge in [0.25, 0.3) is 0 Å². The van der Waals surface area contributed by atoms with Crippen LogP contribution in [-0.2, 0) is 4.74 Å². The molecule has 3 saturated heterocycles. The van der Waals surface area contributed by atoms with Crippen molar-refractivity contribution in [3.8, 4) is 35.4 Å². The second-order valence-corrected chi connectivity index (χ2v) is 12.8. The predicted octanol–water partition coefficient (Wildman–Crippen LogP) is 5.52. The average molecular weight is 616 g/mol. The molecule has 1 N–H and O–H groups in total. The molecule has 1 saturated carbocycles. The maximum absolute atomic E-state index is 16.8. The number of hydrogen-bond acceptors (Lipinski definition) is 8. The molecule has 1 aliphatic carbocycles. The lowest BCUT2D eigenvalue weighted by Gasteiger charge is -2.32. The summed E-state index contributed by atoms with van der Waals surface area (Å²) in [6, 6.07) is 5.46. The first-order valence-electron chi connectivity index (χ1n) is 15.5. The molecule has 0 amide bonds. The van der Waals surface area contributed by atoms with Crippen molar-refractivity contribution in [1.29, 1.82) is 0 Å². The predicted molar refractivity (Wildman–Crippen MR) is 163 cm³/mol. The van der Waals surface area contributed by atoms with Gasteiger partial charge in [0, 0.05) is 43.3 Å². The van der Waals surface area contributed by atoms with Crippen molar-refractivity contribution in [2.45, 2.75) is 55.8 Å². The summed E-state index contributed by atoms with van der Waals surface area (Å²) < 4.78 is 58.3. The van der Waals surface area contributed by atoms with Gasteiger partial charge in [-0.2, -0.15) is 9.97 Å². The Labute approximate surface area is 258 Å². The number of rotatable bonds is 5. The van der Waals surface area contributed by atoms with Gasteiger partial charge in [0.2, 0.25) is 0 Å². The van der Waals surface area contributed by atoms with E-state index >= 15 is 4.39 Å². The van der Waals surface area contributed by atoms with Crippen LogP contribution in [0.5, 0.6) is 11.8 Å². The molecule has 3 aliphatic heterocycles. The zero-order valence-electron chi connectivity index (χ0n) is 24.7. The van der Waals surface area contributed by atoms with Crippen LogP contribution in [0.2, 0.25) is 0 Å². The van der Waals surface area contributed by atoms with Crippen LogP contribution in [0.25, 0.3) is 32.9 Å². The Bertz CT molecular complexity index is 1890. The summed E-state index contributed by atoms with van der Waals surface area (Å²) in [7, 11) is 0. The van der Waals surface area contributed by atoms with E-state index in [4.69, 9.17) is 20.9 Å². The number of alkyl halides is 1. The van der Waals surface area contributed by atoms with E-state index in [0.717, 1.165) is 38.6 Å². The molecular weight excluding hydrogens is 583 g/mol. The standard InChI is InChI=1S/C34H32F3N5O3/c1-2-23-26(36)6-5-20-13-22(43)14-24(27(20)23)29-28(37)30-25(16-38-29)31(42-11-4-12-44-18-33(42)8-9-33)40-32(39-30)45-19-34-7-3-10-41(34)17-21(35)15-34/h1,5-6,13-14,16,21,43H,3-4,7-12,15,17-19H2/t21-,34+/m1/s1. The van der Waals surface area contributed by atoms with Crippen LogP contribution in [0.3, 0.4) is 0 Å². The minimum absolute atomic E-state index is 0.00539. The fourth-order valence-corrected chi connectivity index (χ4v) is 7.67. The Hall–Kier alpha value is -4.14. The highest BCUT2D eigenvalue weighted by Crippen LogP contribution is 2.48. The molecule has 4 aromatic rings. The molecule has 0 unspecified atom stereocenters. The summed E-state index contributed by atoms with van der Waals surface area (Å²) in [6.45, 7) is 3.18. The minimum atomic E-state index is -0.922. The topological polar surface area (TPSA) is 83.8 Å². The molecule has 8 rings (SSSR count). The van der Waals surface area contributed by atoms with Gasteiger partial charge >= 0.3 is 6.01 Å². The smallest absolute Gasteiger partial charge is 0.319 e. The van der Waals surface area contributed by atoms with E-state index in [-0.39, 0.29) is 51.6 Å². The second kappa shape index (κ2) is 10.5. The number of aromatic nitrogens is 3. The molecule has 0 radical (unpaired) electrons. The Morgan fingerprint density at radius 3 is 2.82 bits per heavy atom. The molecule has 2 aromatic heterocycles. The van der Waals surface area contributed by atoms with E-state index in [9.17, 15) is 13.9 Å². The number of anilines is 1. The lowest BCUT2D eigenvalue weighted by Crippen LogP contribution is -2.43. The van der Waals surface area contributed by atoms with Crippen molar-refractivity contribution < 1.29 is 27.8 Å². The first kappa shape index (κ1) is 28.3. The first-order chi connectivity index (χ1) is 21.8. The second-order valence-electron chi connectivity index (χ2n) is 12.8. The quantitative estimate of drug-likeness (QED) is 0.294. The number of nitrogens with zero attached hydrogens (tertiary/aromatic N) is 5. The molecule has 4 aliphatic rings. The Morgan fingerprint density at radius 2 is 2.00 bits per heavy atom. The SMILES string of the molecule is C#Cc1c(F)ccc2cc(O)cc(-c3ncc4c(N5CCCOCC56CC6)nc(OC[C@@]56CCCN5C[C@H](F)C6)nc4c3F)c12. The van der Waals surface area contributed by atoms with Gasteiger partial charge in [-0.25, -0.2) is 13.2 Å². The third kappa shape index (κ3) is 4.57. The Morgan fingerprint density at radius 1 is 1.13 bits per heavy atom. The van der Waals surface area contributed by atoms with E-state index in [1.54, 1.807) is 0 Å². The third-order valence-electron chi connectivity index (χ3n) is 10.0. The van der Waals surface area contributed by atoms with Gasteiger partial charge in [0.1, 0.15) is 41.4 Å². The van der Waals surface area contributed by atoms with Crippen molar-refractivity contribution in [3.05, 3.63) is 47.7 Å². The maximum atomic E-state index is 16.8. The zero-order valence-corrected chi connectivity index (χ0v) is 24.7. The molecule has 232 valence electrons. The fourth-order valence-electron chi connectivity index (χ4n) is 7.67. The molecule has 2 aromatic carbocycles. The van der Waals surface area contributed by atoms with Gasteiger partial charge in [0.05, 0.1) is 28.6 Å². The number of aromatic hydroxyl groups is 1. The van der Waals surface area contributed by atoms with Crippen LogP contribution >= 0.6 is 0 Å². The first-order valence-corrected chi connectivity index (χ1v) is 15.5. The summed E-state index contributed by atoms with van der Waals surface area (Å²) in [5, 5.41) is 11.6. The number of halogens is 3. The van der Waals surface area contributed by atoms with E-state index in [1.807, 2.05) is 0 Å². The van der Waals surface area contributed by atoms with E-state index in [1.165, 1.54) is 30.5 Å². The highest BCUT2D eigenvalue weighted by molar-refractivity contribution is 6.03. The normalized spacial score (nSPS) is 24.2. The van der Waals surface area contributed by atoms with Crippen molar-refractivity contribution in [2.24, 2.45) is 0 Å². The summed E-state index contributed by atoms with van der Waals surface area (Å²) in [6.07, 6.45) is 11.0. The number of benzene rings is 2. The van der Waals surface area contributed by atoms with E-state index in [2.05, 4.69) is 25.7 Å². The number of fused-ring (bicyclic) bond motifs is 3. The van der Waals surface area contributed by atoms with Crippen LogP contribution in [0.4, 0.5) is 19.0 Å². The van der Waals surface area contributed by atoms with Gasteiger partial charge < -0.3 is 19.5 Å². The molecular formula is C34H32F3N5O3. The van der Waals surface area contributed by atoms with Crippen LogP contribution in [0, 0.1) is 24.0 Å². The summed E-state index contributed by atoms with van der Waals surface area (Å²) in [5.41, 5.74) is -0.769. The van der Waals surface area contributed by atoms with Crippen LogP contribution in [0.1, 0.15) is 44.1 Å². The number of hydrogen-bond donors (Lipinski definition) is 1. The third-order valence-corrected chi connectivity index (χ3v) is 10.0. The monoisotopic (exact) mass is 615 g/mol. The number of ether oxygens (including phenoxy) is 2. The average Bonchev–Trinajstić information content (AvgIpc) is 3.67.